The van der Waals surface area contributed by atoms with Crippen molar-refractivity contribution in [3.8, 4) is 0 Å². The number of nitrogens with zero attached hydrogens (tertiary/aromatic N) is 1. The Hall–Kier alpha value is -1.88. The van der Waals surface area contributed by atoms with Gasteiger partial charge < -0.3 is 15.5 Å². The molecule has 1 atom stereocenters. The van der Waals surface area contributed by atoms with Gasteiger partial charge in [-0.15, -0.1) is 0 Å². The van der Waals surface area contributed by atoms with Gasteiger partial charge in [-0.1, -0.05) is 12.1 Å². The van der Waals surface area contributed by atoms with Crippen LogP contribution in [-0.2, 0) is 11.3 Å². The van der Waals surface area contributed by atoms with Crippen molar-refractivity contribution in [1.82, 2.24) is 15.5 Å². The molecule has 5 nitrogen and oxygen atoms in total. The van der Waals surface area contributed by atoms with Crippen LogP contribution in [0.5, 0.6) is 0 Å². The van der Waals surface area contributed by atoms with Gasteiger partial charge in [0.1, 0.15) is 0 Å². The van der Waals surface area contributed by atoms with Crippen LogP contribution in [0.1, 0.15) is 48.5 Å². The number of likely N-dealkylation sites (tertiary alicyclic amines) is 1. The van der Waals surface area contributed by atoms with Gasteiger partial charge >= 0.3 is 0 Å². The lowest BCUT2D eigenvalue weighted by molar-refractivity contribution is -0.121. The first-order chi connectivity index (χ1) is 11.1. The van der Waals surface area contributed by atoms with Gasteiger partial charge in [-0.25, -0.2) is 0 Å². The fraction of sp³-hybridized carbons (Fsp3) is 0.556. The zero-order chi connectivity index (χ0) is 16.7. The van der Waals surface area contributed by atoms with Crippen LogP contribution < -0.4 is 10.6 Å². The lowest BCUT2D eigenvalue weighted by Crippen LogP contribution is -2.32. The lowest BCUT2D eigenvalue weighted by atomic mass is 10.1. The Kier molecular flexibility index (Phi) is 6.59. The number of hydrogen-bond donors (Lipinski definition) is 2. The summed E-state index contributed by atoms with van der Waals surface area (Å²) in [5, 5.41) is 5.54. The van der Waals surface area contributed by atoms with Crippen LogP contribution >= 0.6 is 0 Å². The largest absolute Gasteiger partial charge is 0.355 e. The number of carbonyl (C=O) groups excluding carboxylic acids is 2. The van der Waals surface area contributed by atoms with Gasteiger partial charge in [0.05, 0.1) is 0 Å². The van der Waals surface area contributed by atoms with Gasteiger partial charge in [-0.3, -0.25) is 9.59 Å². The third kappa shape index (κ3) is 5.36. The first-order valence-corrected chi connectivity index (χ1v) is 8.42. The normalized spacial score (nSPS) is 16.1. The Morgan fingerprint density at radius 3 is 2.43 bits per heavy atom. The number of rotatable bonds is 7. The van der Waals surface area contributed by atoms with Crippen LogP contribution in [0.15, 0.2) is 24.3 Å². The predicted octanol–water partition coefficient (Wildman–Crippen LogP) is 1.93. The molecule has 0 aliphatic carbocycles. The van der Waals surface area contributed by atoms with Crippen molar-refractivity contribution < 1.29 is 9.59 Å². The van der Waals surface area contributed by atoms with E-state index in [0.29, 0.717) is 24.6 Å². The molecule has 1 heterocycles. The van der Waals surface area contributed by atoms with E-state index < -0.39 is 0 Å². The van der Waals surface area contributed by atoms with Crippen LogP contribution in [0.25, 0.3) is 0 Å². The summed E-state index contributed by atoms with van der Waals surface area (Å²) in [4.78, 5) is 25.9. The maximum absolute atomic E-state index is 12.0. The summed E-state index contributed by atoms with van der Waals surface area (Å²) in [6.45, 7) is 5.04. The van der Waals surface area contributed by atoms with Crippen LogP contribution in [-0.4, -0.2) is 42.9 Å². The minimum atomic E-state index is -0.100. The van der Waals surface area contributed by atoms with Gasteiger partial charge in [0.2, 0.25) is 5.91 Å². The molecule has 126 valence electrons. The van der Waals surface area contributed by atoms with Gasteiger partial charge in [-0.2, -0.15) is 0 Å². The molecule has 0 spiro atoms. The van der Waals surface area contributed by atoms with E-state index in [0.717, 1.165) is 12.0 Å². The molecule has 1 aromatic carbocycles. The number of carbonyl (C=O) groups is 2. The SMILES string of the molecule is CNC(=O)c1ccc(CNC(=O)CC[C@H](C)N2CCCC2)cc1. The summed E-state index contributed by atoms with van der Waals surface area (Å²) in [5.41, 5.74) is 1.63. The third-order valence-electron chi connectivity index (χ3n) is 4.49. The maximum Gasteiger partial charge on any atom is 0.251 e. The van der Waals surface area contributed by atoms with Gasteiger partial charge in [-0.05, 0) is 57.0 Å². The molecule has 1 aromatic rings. The summed E-state index contributed by atoms with van der Waals surface area (Å²) >= 11 is 0. The Morgan fingerprint density at radius 1 is 1.17 bits per heavy atom. The zero-order valence-electron chi connectivity index (χ0n) is 14.1. The second-order valence-corrected chi connectivity index (χ2v) is 6.18. The Balaban J connectivity index is 1.70. The van der Waals surface area contributed by atoms with Crippen molar-refractivity contribution in [1.29, 1.82) is 0 Å². The van der Waals surface area contributed by atoms with Crippen molar-refractivity contribution in [3.63, 3.8) is 0 Å². The van der Waals surface area contributed by atoms with Gasteiger partial charge in [0, 0.05) is 31.6 Å². The molecule has 1 saturated heterocycles. The van der Waals surface area contributed by atoms with E-state index >= 15 is 0 Å². The second kappa shape index (κ2) is 8.67. The molecule has 2 rings (SSSR count). The molecule has 0 unspecified atom stereocenters. The van der Waals surface area contributed by atoms with Crippen LogP contribution in [0.3, 0.4) is 0 Å². The van der Waals surface area contributed by atoms with Gasteiger partial charge in [0.25, 0.3) is 5.91 Å². The zero-order valence-corrected chi connectivity index (χ0v) is 14.1. The fourth-order valence-electron chi connectivity index (χ4n) is 2.91. The van der Waals surface area contributed by atoms with E-state index in [1.54, 1.807) is 19.2 Å². The topological polar surface area (TPSA) is 61.4 Å². The smallest absolute Gasteiger partial charge is 0.251 e. The van der Waals surface area contributed by atoms with Crippen molar-refractivity contribution in [2.45, 2.75) is 45.2 Å². The standard InChI is InChI=1S/C18H27N3O2/c1-14(21-11-3-4-12-21)5-10-17(22)20-13-15-6-8-16(9-7-15)18(23)19-2/h6-9,14H,3-5,10-13H2,1-2H3,(H,19,23)(H,20,22)/t14-/m0/s1. The molecule has 2 N–H and O–H groups in total. The molecular formula is C18H27N3O2. The van der Waals surface area contributed by atoms with Crippen molar-refractivity contribution in [2.24, 2.45) is 0 Å². The van der Waals surface area contributed by atoms with Crippen LogP contribution in [0, 0.1) is 0 Å². The highest BCUT2D eigenvalue weighted by molar-refractivity contribution is 5.93. The molecule has 1 aliphatic heterocycles. The lowest BCUT2D eigenvalue weighted by Gasteiger charge is -2.23. The number of amides is 2. The highest BCUT2D eigenvalue weighted by atomic mass is 16.2. The van der Waals surface area contributed by atoms with Crippen molar-refractivity contribution in [2.75, 3.05) is 20.1 Å². The average Bonchev–Trinajstić information content (AvgIpc) is 3.12. The van der Waals surface area contributed by atoms with E-state index in [1.807, 2.05) is 12.1 Å². The quantitative estimate of drug-likeness (QED) is 0.808. The summed E-state index contributed by atoms with van der Waals surface area (Å²) in [6.07, 6.45) is 4.03. The summed E-state index contributed by atoms with van der Waals surface area (Å²) in [6, 6.07) is 7.77. The van der Waals surface area contributed by atoms with E-state index in [-0.39, 0.29) is 11.8 Å². The van der Waals surface area contributed by atoms with E-state index in [4.69, 9.17) is 0 Å². The fourth-order valence-corrected chi connectivity index (χ4v) is 2.91. The molecule has 0 saturated carbocycles. The summed E-state index contributed by atoms with van der Waals surface area (Å²) in [7, 11) is 1.61. The molecule has 1 aliphatic rings. The van der Waals surface area contributed by atoms with Crippen molar-refractivity contribution >= 4 is 11.8 Å². The minimum absolute atomic E-state index is 0.0893. The molecule has 23 heavy (non-hydrogen) atoms. The Labute approximate surface area is 138 Å². The number of nitrogens with one attached hydrogen (secondary N) is 2. The highest BCUT2D eigenvalue weighted by Crippen LogP contribution is 2.14. The second-order valence-electron chi connectivity index (χ2n) is 6.18. The molecule has 0 bridgehead atoms. The predicted molar refractivity (Wildman–Crippen MR) is 91.2 cm³/mol. The summed E-state index contributed by atoms with van der Waals surface area (Å²) in [5.74, 6) is -0.0112. The van der Waals surface area contributed by atoms with Crippen LogP contribution in [0.2, 0.25) is 0 Å². The first kappa shape index (κ1) is 17.5. The average molecular weight is 317 g/mol. The highest BCUT2D eigenvalue weighted by Gasteiger charge is 2.18. The Morgan fingerprint density at radius 2 is 1.83 bits per heavy atom. The van der Waals surface area contributed by atoms with E-state index in [1.165, 1.54) is 25.9 Å². The number of hydrogen-bond acceptors (Lipinski definition) is 3. The molecule has 2 amide bonds. The van der Waals surface area contributed by atoms with Crippen LogP contribution in [0.4, 0.5) is 0 Å². The maximum atomic E-state index is 12.0. The molecule has 0 aromatic heterocycles. The van der Waals surface area contributed by atoms with E-state index in [2.05, 4.69) is 22.5 Å². The van der Waals surface area contributed by atoms with E-state index in [9.17, 15) is 9.59 Å². The Bertz CT molecular complexity index is 522. The monoisotopic (exact) mass is 317 g/mol. The number of benzene rings is 1. The van der Waals surface area contributed by atoms with Gasteiger partial charge in [0.15, 0.2) is 0 Å². The molecular weight excluding hydrogens is 290 g/mol. The van der Waals surface area contributed by atoms with Crippen molar-refractivity contribution in [3.05, 3.63) is 35.4 Å². The minimum Gasteiger partial charge on any atom is -0.355 e. The molecule has 1 fully saturated rings. The first-order valence-electron chi connectivity index (χ1n) is 8.42. The molecule has 5 heteroatoms. The molecule has 0 radical (unpaired) electrons. The summed E-state index contributed by atoms with van der Waals surface area (Å²) < 4.78 is 0. The third-order valence-corrected chi connectivity index (χ3v) is 4.49.